The number of carbonyl (C=O) groups excluding carboxylic acids is 1. The first-order valence-electron chi connectivity index (χ1n) is 6.36. The Kier molecular flexibility index (Phi) is 4.22. The molecule has 4 N–H and O–H groups in total. The fraction of sp³-hybridized carbons (Fsp3) is 0.214. The van der Waals surface area contributed by atoms with Crippen molar-refractivity contribution < 1.29 is 10.0 Å². The molecular weight excluding hydrogens is 270 g/mol. The van der Waals surface area contributed by atoms with Crippen LogP contribution in [0.2, 0.25) is 0 Å². The maximum atomic E-state index is 12.1. The predicted octanol–water partition coefficient (Wildman–Crippen LogP) is 0.753. The lowest BCUT2D eigenvalue weighted by atomic mass is 10.1. The summed E-state index contributed by atoms with van der Waals surface area (Å²) >= 11 is 0. The van der Waals surface area contributed by atoms with Crippen molar-refractivity contribution in [2.75, 3.05) is 0 Å². The number of amidine groups is 1. The van der Waals surface area contributed by atoms with E-state index < -0.39 is 0 Å². The van der Waals surface area contributed by atoms with Crippen molar-refractivity contribution in [3.8, 4) is 0 Å². The Bertz CT molecular complexity index is 690. The van der Waals surface area contributed by atoms with E-state index in [0.29, 0.717) is 17.7 Å². The highest BCUT2D eigenvalue weighted by Gasteiger charge is 2.12. The average molecular weight is 287 g/mol. The average Bonchev–Trinajstić information content (AvgIpc) is 2.84. The van der Waals surface area contributed by atoms with Crippen LogP contribution >= 0.6 is 0 Å². The lowest BCUT2D eigenvalue weighted by Gasteiger charge is -2.06. The second-order valence-corrected chi connectivity index (χ2v) is 4.64. The molecule has 2 aromatic rings. The molecular formula is C14H17N5O2. The van der Waals surface area contributed by atoms with Crippen molar-refractivity contribution in [2.24, 2.45) is 17.9 Å². The highest BCUT2D eigenvalue weighted by molar-refractivity contribution is 5.97. The number of carbonyl (C=O) groups is 1. The lowest BCUT2D eigenvalue weighted by molar-refractivity contribution is 0.0950. The van der Waals surface area contributed by atoms with Gasteiger partial charge in [-0.05, 0) is 18.6 Å². The summed E-state index contributed by atoms with van der Waals surface area (Å²) in [5.41, 5.74) is 8.34. The second kappa shape index (κ2) is 6.08. The number of nitrogens with zero attached hydrogens (tertiary/aromatic N) is 3. The van der Waals surface area contributed by atoms with Gasteiger partial charge in [0.15, 0.2) is 5.84 Å². The number of oxime groups is 1. The number of aryl methyl sites for hydroxylation is 1. The maximum absolute atomic E-state index is 12.1. The quantitative estimate of drug-likeness (QED) is 0.334. The molecule has 21 heavy (non-hydrogen) atoms. The van der Waals surface area contributed by atoms with Crippen molar-refractivity contribution in [3.05, 3.63) is 52.8 Å². The minimum absolute atomic E-state index is 0.0336. The maximum Gasteiger partial charge on any atom is 0.255 e. The summed E-state index contributed by atoms with van der Waals surface area (Å²) in [6.07, 6.45) is 1.54. The van der Waals surface area contributed by atoms with Crippen molar-refractivity contribution in [2.45, 2.75) is 13.5 Å². The van der Waals surface area contributed by atoms with Gasteiger partial charge in [0.2, 0.25) is 0 Å². The monoisotopic (exact) mass is 287 g/mol. The van der Waals surface area contributed by atoms with Gasteiger partial charge in [-0.2, -0.15) is 5.10 Å². The fourth-order valence-electron chi connectivity index (χ4n) is 1.90. The Hall–Kier alpha value is -2.83. The van der Waals surface area contributed by atoms with E-state index in [2.05, 4.69) is 15.6 Å². The van der Waals surface area contributed by atoms with Crippen LogP contribution in [0, 0.1) is 6.92 Å². The summed E-state index contributed by atoms with van der Waals surface area (Å²) in [6, 6.07) is 7.12. The molecule has 0 aliphatic carbocycles. The summed E-state index contributed by atoms with van der Waals surface area (Å²) in [5, 5.41) is 18.5. The van der Waals surface area contributed by atoms with Crippen LogP contribution in [-0.2, 0) is 13.6 Å². The van der Waals surface area contributed by atoms with E-state index in [-0.39, 0.29) is 11.7 Å². The van der Waals surface area contributed by atoms with Crippen molar-refractivity contribution in [1.29, 1.82) is 0 Å². The number of benzene rings is 1. The first kappa shape index (κ1) is 14.6. The van der Waals surface area contributed by atoms with Crippen molar-refractivity contribution >= 4 is 11.7 Å². The Morgan fingerprint density at radius 2 is 2.29 bits per heavy atom. The highest BCUT2D eigenvalue weighted by Crippen LogP contribution is 2.08. The summed E-state index contributed by atoms with van der Waals surface area (Å²) in [5.74, 6) is -0.152. The number of amides is 1. The molecule has 7 nitrogen and oxygen atoms in total. The number of aromatic nitrogens is 2. The number of nitrogens with one attached hydrogen (secondary N) is 1. The molecule has 0 saturated heterocycles. The molecule has 1 amide bonds. The molecule has 0 aliphatic rings. The van der Waals surface area contributed by atoms with E-state index in [1.54, 1.807) is 29.9 Å². The van der Waals surface area contributed by atoms with Gasteiger partial charge in [0.1, 0.15) is 0 Å². The van der Waals surface area contributed by atoms with Gasteiger partial charge in [0.05, 0.1) is 11.8 Å². The van der Waals surface area contributed by atoms with Gasteiger partial charge in [-0.15, -0.1) is 0 Å². The molecule has 0 atom stereocenters. The van der Waals surface area contributed by atoms with Gasteiger partial charge in [-0.1, -0.05) is 23.4 Å². The molecule has 2 rings (SSSR count). The number of hydrogen-bond donors (Lipinski definition) is 3. The molecule has 110 valence electrons. The van der Waals surface area contributed by atoms with Gasteiger partial charge in [0, 0.05) is 24.8 Å². The highest BCUT2D eigenvalue weighted by atomic mass is 16.4. The first-order valence-corrected chi connectivity index (χ1v) is 6.36. The first-order chi connectivity index (χ1) is 10.0. The van der Waals surface area contributed by atoms with Crippen LogP contribution in [0.1, 0.15) is 27.2 Å². The number of hydrogen-bond acceptors (Lipinski definition) is 4. The Morgan fingerprint density at radius 3 is 2.90 bits per heavy atom. The minimum atomic E-state index is -0.185. The molecule has 0 spiro atoms. The largest absolute Gasteiger partial charge is 0.409 e. The minimum Gasteiger partial charge on any atom is -0.409 e. The number of nitrogens with two attached hydrogens (primary N) is 1. The second-order valence-electron chi connectivity index (χ2n) is 4.64. The molecule has 0 unspecified atom stereocenters. The zero-order chi connectivity index (χ0) is 15.4. The van der Waals surface area contributed by atoms with Gasteiger partial charge >= 0.3 is 0 Å². The van der Waals surface area contributed by atoms with Crippen LogP contribution in [0.25, 0.3) is 0 Å². The van der Waals surface area contributed by atoms with Gasteiger partial charge in [0.25, 0.3) is 5.91 Å². The Labute approximate surface area is 122 Å². The molecule has 0 bridgehead atoms. The third-order valence-corrected chi connectivity index (χ3v) is 3.26. The van der Waals surface area contributed by atoms with Crippen molar-refractivity contribution in [1.82, 2.24) is 15.1 Å². The molecule has 7 heteroatoms. The van der Waals surface area contributed by atoms with E-state index >= 15 is 0 Å². The zero-order valence-corrected chi connectivity index (χ0v) is 11.9. The van der Waals surface area contributed by atoms with Crippen LogP contribution in [0.5, 0.6) is 0 Å². The number of rotatable bonds is 4. The Morgan fingerprint density at radius 1 is 1.52 bits per heavy atom. The van der Waals surface area contributed by atoms with Gasteiger partial charge < -0.3 is 16.3 Å². The van der Waals surface area contributed by atoms with Crippen LogP contribution in [-0.4, -0.2) is 26.7 Å². The molecule has 0 radical (unpaired) electrons. The molecule has 0 aliphatic heterocycles. The molecule has 1 heterocycles. The van der Waals surface area contributed by atoms with Crippen LogP contribution < -0.4 is 11.1 Å². The smallest absolute Gasteiger partial charge is 0.255 e. The zero-order valence-electron chi connectivity index (χ0n) is 11.9. The molecule has 1 aromatic carbocycles. The van der Waals surface area contributed by atoms with Gasteiger partial charge in [-0.3, -0.25) is 9.48 Å². The normalized spacial score (nSPS) is 11.4. The van der Waals surface area contributed by atoms with Crippen LogP contribution in [0.3, 0.4) is 0 Å². The topological polar surface area (TPSA) is 106 Å². The molecule has 0 saturated carbocycles. The third kappa shape index (κ3) is 3.19. The van der Waals surface area contributed by atoms with Crippen molar-refractivity contribution in [3.63, 3.8) is 0 Å². The Balaban J connectivity index is 2.06. The van der Waals surface area contributed by atoms with Crippen LogP contribution in [0.15, 0.2) is 35.6 Å². The van der Waals surface area contributed by atoms with Crippen LogP contribution in [0.4, 0.5) is 0 Å². The van der Waals surface area contributed by atoms with E-state index in [0.717, 1.165) is 11.3 Å². The van der Waals surface area contributed by atoms with E-state index in [1.165, 1.54) is 6.20 Å². The standard InChI is InChI=1S/C14H17N5O2/c1-9-12(8-17-19(9)2)14(20)16-7-10-4-3-5-11(6-10)13(15)18-21/h3-6,8,21H,7H2,1-2H3,(H2,15,18)(H,16,20). The van der Waals surface area contributed by atoms with E-state index in [9.17, 15) is 4.79 Å². The molecule has 0 fully saturated rings. The molecule has 1 aromatic heterocycles. The summed E-state index contributed by atoms with van der Waals surface area (Å²) < 4.78 is 1.65. The lowest BCUT2D eigenvalue weighted by Crippen LogP contribution is -2.23. The summed E-state index contributed by atoms with van der Waals surface area (Å²) in [4.78, 5) is 12.1. The summed E-state index contributed by atoms with van der Waals surface area (Å²) in [7, 11) is 1.78. The third-order valence-electron chi connectivity index (χ3n) is 3.26. The van der Waals surface area contributed by atoms with E-state index in [4.69, 9.17) is 10.9 Å². The fourth-order valence-corrected chi connectivity index (χ4v) is 1.90. The van der Waals surface area contributed by atoms with Gasteiger partial charge in [-0.25, -0.2) is 0 Å². The SMILES string of the molecule is Cc1c(C(=O)NCc2cccc(C(N)=NO)c2)cnn1C. The predicted molar refractivity (Wildman–Crippen MR) is 78.1 cm³/mol. The summed E-state index contributed by atoms with van der Waals surface area (Å²) in [6.45, 7) is 2.18. The van der Waals surface area contributed by atoms with E-state index in [1.807, 2.05) is 13.0 Å².